The molecule has 4 nitrogen and oxygen atoms in total. The maximum Gasteiger partial charge on any atom is 0.227 e. The quantitative estimate of drug-likeness (QED) is 0.634. The van der Waals surface area contributed by atoms with E-state index in [0.717, 1.165) is 32.5 Å². The second-order valence-electron chi connectivity index (χ2n) is 4.82. The molecule has 2 saturated heterocycles. The van der Waals surface area contributed by atoms with Crippen LogP contribution in [-0.4, -0.2) is 48.2 Å². The Hall–Kier alpha value is -0.610. The molecular formula is C11H20N2O2. The lowest BCUT2D eigenvalue weighted by Crippen LogP contribution is -2.46. The third-order valence-corrected chi connectivity index (χ3v) is 3.54. The number of piperidine rings is 1. The molecule has 15 heavy (non-hydrogen) atoms. The largest absolute Gasteiger partial charge is 0.391 e. The molecule has 3 unspecified atom stereocenters. The minimum atomic E-state index is -0.313. The van der Waals surface area contributed by atoms with Crippen molar-refractivity contribution in [3.8, 4) is 0 Å². The predicted octanol–water partition coefficient (Wildman–Crippen LogP) is -0.175. The molecule has 2 rings (SSSR count). The number of amides is 1. The fourth-order valence-electron chi connectivity index (χ4n) is 2.53. The highest BCUT2D eigenvalue weighted by Gasteiger charge is 2.34. The molecule has 0 aliphatic carbocycles. The molecule has 2 N–H and O–H groups in total. The van der Waals surface area contributed by atoms with Crippen LogP contribution in [0.4, 0.5) is 0 Å². The van der Waals surface area contributed by atoms with E-state index in [1.165, 1.54) is 0 Å². The van der Waals surface area contributed by atoms with Gasteiger partial charge in [0.1, 0.15) is 0 Å². The first kappa shape index (κ1) is 10.9. The van der Waals surface area contributed by atoms with Gasteiger partial charge in [0.05, 0.1) is 12.0 Å². The second kappa shape index (κ2) is 4.49. The van der Waals surface area contributed by atoms with Crippen LogP contribution >= 0.6 is 0 Å². The Kier molecular flexibility index (Phi) is 3.26. The summed E-state index contributed by atoms with van der Waals surface area (Å²) in [6.07, 6.45) is 1.45. The van der Waals surface area contributed by atoms with Crippen molar-refractivity contribution in [1.82, 2.24) is 10.2 Å². The lowest BCUT2D eigenvalue weighted by atomic mass is 9.95. The minimum Gasteiger partial charge on any atom is -0.391 e. The van der Waals surface area contributed by atoms with Crippen molar-refractivity contribution >= 4 is 5.91 Å². The van der Waals surface area contributed by atoms with E-state index in [1.54, 1.807) is 0 Å². The van der Waals surface area contributed by atoms with Gasteiger partial charge in [0.15, 0.2) is 0 Å². The molecule has 0 aromatic carbocycles. The summed E-state index contributed by atoms with van der Waals surface area (Å²) in [6, 6.07) is 0. The normalized spacial score (nSPS) is 36.9. The van der Waals surface area contributed by atoms with Gasteiger partial charge in [-0.2, -0.15) is 0 Å². The van der Waals surface area contributed by atoms with Gasteiger partial charge in [0, 0.05) is 19.6 Å². The third kappa shape index (κ3) is 2.32. The molecular weight excluding hydrogens is 192 g/mol. The zero-order valence-corrected chi connectivity index (χ0v) is 9.28. The number of likely N-dealkylation sites (tertiary alicyclic amines) is 1. The summed E-state index contributed by atoms with van der Waals surface area (Å²) in [4.78, 5) is 14.0. The fourth-order valence-corrected chi connectivity index (χ4v) is 2.53. The summed E-state index contributed by atoms with van der Waals surface area (Å²) in [7, 11) is 0. The molecule has 3 atom stereocenters. The van der Waals surface area contributed by atoms with Crippen molar-refractivity contribution in [3.63, 3.8) is 0 Å². The van der Waals surface area contributed by atoms with Crippen LogP contribution in [-0.2, 0) is 4.79 Å². The first-order valence-corrected chi connectivity index (χ1v) is 5.86. The predicted molar refractivity (Wildman–Crippen MR) is 57.3 cm³/mol. The lowest BCUT2D eigenvalue weighted by Gasteiger charge is -2.32. The standard InChI is InChI=1S/C11H20N2O2/c1-8-5-12-6-10(8)11(15)13-4-2-3-9(14)7-13/h8-10,12,14H,2-7H2,1H3. The summed E-state index contributed by atoms with van der Waals surface area (Å²) in [5, 5.41) is 12.8. The van der Waals surface area contributed by atoms with Crippen LogP contribution in [0.3, 0.4) is 0 Å². The van der Waals surface area contributed by atoms with Crippen molar-refractivity contribution in [2.75, 3.05) is 26.2 Å². The van der Waals surface area contributed by atoms with E-state index in [-0.39, 0.29) is 17.9 Å². The molecule has 2 aliphatic heterocycles. The number of carbonyl (C=O) groups is 1. The molecule has 2 aliphatic rings. The monoisotopic (exact) mass is 212 g/mol. The van der Waals surface area contributed by atoms with Crippen LogP contribution in [0.5, 0.6) is 0 Å². The van der Waals surface area contributed by atoms with Crippen molar-refractivity contribution in [1.29, 1.82) is 0 Å². The molecule has 0 spiro atoms. The number of aliphatic hydroxyl groups is 1. The Morgan fingerprint density at radius 3 is 2.87 bits per heavy atom. The van der Waals surface area contributed by atoms with Crippen molar-refractivity contribution in [2.45, 2.75) is 25.9 Å². The highest BCUT2D eigenvalue weighted by Crippen LogP contribution is 2.21. The summed E-state index contributed by atoms with van der Waals surface area (Å²) in [5.41, 5.74) is 0. The van der Waals surface area contributed by atoms with Gasteiger partial charge < -0.3 is 15.3 Å². The smallest absolute Gasteiger partial charge is 0.227 e. The number of rotatable bonds is 1. The number of aliphatic hydroxyl groups excluding tert-OH is 1. The Morgan fingerprint density at radius 1 is 1.47 bits per heavy atom. The minimum absolute atomic E-state index is 0.121. The molecule has 0 saturated carbocycles. The molecule has 2 fully saturated rings. The average Bonchev–Trinajstić information content (AvgIpc) is 2.63. The number of nitrogens with one attached hydrogen (secondary N) is 1. The Bertz CT molecular complexity index is 245. The van der Waals surface area contributed by atoms with Crippen LogP contribution in [0.1, 0.15) is 19.8 Å². The fraction of sp³-hybridized carbons (Fsp3) is 0.909. The first-order chi connectivity index (χ1) is 7.18. The van der Waals surface area contributed by atoms with Gasteiger partial charge >= 0.3 is 0 Å². The van der Waals surface area contributed by atoms with Crippen LogP contribution in [0.15, 0.2) is 0 Å². The molecule has 0 aromatic rings. The number of hydrogen-bond acceptors (Lipinski definition) is 3. The molecule has 1 amide bonds. The van der Waals surface area contributed by atoms with E-state index >= 15 is 0 Å². The number of hydrogen-bond donors (Lipinski definition) is 2. The first-order valence-electron chi connectivity index (χ1n) is 5.86. The van der Waals surface area contributed by atoms with Crippen molar-refractivity contribution in [3.05, 3.63) is 0 Å². The molecule has 4 heteroatoms. The van der Waals surface area contributed by atoms with Gasteiger partial charge in [-0.25, -0.2) is 0 Å². The molecule has 2 heterocycles. The molecule has 0 bridgehead atoms. The Labute approximate surface area is 90.6 Å². The highest BCUT2D eigenvalue weighted by molar-refractivity contribution is 5.79. The Morgan fingerprint density at radius 2 is 2.27 bits per heavy atom. The highest BCUT2D eigenvalue weighted by atomic mass is 16.3. The number of nitrogens with zero attached hydrogens (tertiary/aromatic N) is 1. The zero-order valence-electron chi connectivity index (χ0n) is 9.28. The topological polar surface area (TPSA) is 52.6 Å². The van der Waals surface area contributed by atoms with E-state index in [0.29, 0.717) is 12.5 Å². The SMILES string of the molecule is CC1CNCC1C(=O)N1CCCC(O)C1. The zero-order chi connectivity index (χ0) is 10.8. The summed E-state index contributed by atoms with van der Waals surface area (Å²) in [5.74, 6) is 0.776. The van der Waals surface area contributed by atoms with Gasteiger partial charge in [0.25, 0.3) is 0 Å². The van der Waals surface area contributed by atoms with Crippen LogP contribution in [0, 0.1) is 11.8 Å². The average molecular weight is 212 g/mol. The second-order valence-corrected chi connectivity index (χ2v) is 4.82. The van der Waals surface area contributed by atoms with E-state index in [4.69, 9.17) is 0 Å². The Balaban J connectivity index is 1.94. The van der Waals surface area contributed by atoms with E-state index in [1.807, 2.05) is 4.90 Å². The van der Waals surface area contributed by atoms with Gasteiger partial charge in [0.2, 0.25) is 5.91 Å². The maximum absolute atomic E-state index is 12.1. The van der Waals surface area contributed by atoms with Crippen molar-refractivity contribution in [2.24, 2.45) is 11.8 Å². The molecule has 86 valence electrons. The summed E-state index contributed by atoms with van der Waals surface area (Å²) in [6.45, 7) is 5.20. The molecule has 0 radical (unpaired) electrons. The van der Waals surface area contributed by atoms with E-state index in [9.17, 15) is 9.90 Å². The maximum atomic E-state index is 12.1. The van der Waals surface area contributed by atoms with Gasteiger partial charge in [-0.3, -0.25) is 4.79 Å². The number of β-amino-alcohol motifs (C(OH)–C–C–N with tert-alkyl or cyclic N) is 1. The van der Waals surface area contributed by atoms with Crippen LogP contribution in [0.25, 0.3) is 0 Å². The van der Waals surface area contributed by atoms with E-state index in [2.05, 4.69) is 12.2 Å². The van der Waals surface area contributed by atoms with Crippen molar-refractivity contribution < 1.29 is 9.90 Å². The van der Waals surface area contributed by atoms with Crippen LogP contribution in [0.2, 0.25) is 0 Å². The third-order valence-electron chi connectivity index (χ3n) is 3.54. The van der Waals surface area contributed by atoms with Crippen LogP contribution < -0.4 is 5.32 Å². The van der Waals surface area contributed by atoms with E-state index < -0.39 is 0 Å². The molecule has 0 aromatic heterocycles. The lowest BCUT2D eigenvalue weighted by molar-refractivity contribution is -0.139. The van der Waals surface area contributed by atoms with Gasteiger partial charge in [-0.1, -0.05) is 6.92 Å². The number of carbonyl (C=O) groups excluding carboxylic acids is 1. The van der Waals surface area contributed by atoms with Gasteiger partial charge in [-0.15, -0.1) is 0 Å². The van der Waals surface area contributed by atoms with Gasteiger partial charge in [-0.05, 0) is 25.3 Å². The summed E-state index contributed by atoms with van der Waals surface area (Å²) >= 11 is 0. The summed E-state index contributed by atoms with van der Waals surface area (Å²) < 4.78 is 0.